The molecular weight excluding hydrogens is 428 g/mol. The fourth-order valence-corrected chi connectivity index (χ4v) is 3.06. The average molecular weight is 450 g/mol. The zero-order valence-electron chi connectivity index (χ0n) is 17.7. The molecular formula is C25H22O8. The lowest BCUT2D eigenvalue weighted by atomic mass is 10.1. The predicted molar refractivity (Wildman–Crippen MR) is 115 cm³/mol. The minimum absolute atomic E-state index is 0.142. The van der Waals surface area contributed by atoms with E-state index in [1.54, 1.807) is 60.7 Å². The van der Waals surface area contributed by atoms with E-state index in [1.165, 1.54) is 0 Å². The van der Waals surface area contributed by atoms with Crippen LogP contribution in [0.1, 0.15) is 6.42 Å². The molecule has 0 saturated carbocycles. The molecule has 2 aromatic rings. The Balaban J connectivity index is 1.07. The summed E-state index contributed by atoms with van der Waals surface area (Å²) in [5, 5.41) is 0. The summed E-state index contributed by atoms with van der Waals surface area (Å²) in [6, 6.07) is 13.5. The van der Waals surface area contributed by atoms with Crippen LogP contribution in [0.4, 0.5) is 0 Å². The molecule has 0 radical (unpaired) electrons. The summed E-state index contributed by atoms with van der Waals surface area (Å²) in [6.45, 7) is 2.47. The molecule has 5 rings (SSSR count). The van der Waals surface area contributed by atoms with Crippen LogP contribution >= 0.6 is 0 Å². The van der Waals surface area contributed by atoms with Crippen molar-refractivity contribution in [3.8, 4) is 23.0 Å². The van der Waals surface area contributed by atoms with Crippen molar-refractivity contribution in [3.63, 3.8) is 0 Å². The van der Waals surface area contributed by atoms with E-state index in [0.29, 0.717) is 47.4 Å². The third-order valence-electron chi connectivity index (χ3n) is 5.14. The molecule has 2 unspecified atom stereocenters. The van der Waals surface area contributed by atoms with E-state index in [1.807, 2.05) is 0 Å². The standard InChI is InChI=1S/C25H22O8/c26-24(32-20-7-3-18(4-8-20)28-12-22-14-30-22)16-1-2-17(11-16)25(27)33-21-9-5-19(6-10-21)29-13-23-15-31-23/h1-10,22-23H,11-15H2. The molecule has 0 bridgehead atoms. The summed E-state index contributed by atoms with van der Waals surface area (Å²) in [7, 11) is 0. The average Bonchev–Trinajstić information content (AvgIpc) is 3.77. The summed E-state index contributed by atoms with van der Waals surface area (Å²) in [4.78, 5) is 24.9. The van der Waals surface area contributed by atoms with Crippen LogP contribution in [0.3, 0.4) is 0 Å². The number of benzene rings is 2. The maximum Gasteiger partial charge on any atom is 0.339 e. The molecule has 0 spiro atoms. The monoisotopic (exact) mass is 450 g/mol. The molecule has 3 aliphatic rings. The van der Waals surface area contributed by atoms with Crippen molar-refractivity contribution in [3.05, 3.63) is 71.8 Å². The highest BCUT2D eigenvalue weighted by Crippen LogP contribution is 2.26. The van der Waals surface area contributed by atoms with Crippen LogP contribution in [0, 0.1) is 0 Å². The van der Waals surface area contributed by atoms with Crippen LogP contribution in [-0.2, 0) is 19.1 Å². The molecule has 2 saturated heterocycles. The van der Waals surface area contributed by atoms with Gasteiger partial charge in [0.2, 0.25) is 0 Å². The van der Waals surface area contributed by atoms with Gasteiger partial charge in [0.25, 0.3) is 0 Å². The number of allylic oxidation sites excluding steroid dienone is 2. The van der Waals surface area contributed by atoms with E-state index in [2.05, 4.69) is 0 Å². The fraction of sp³-hybridized carbons (Fsp3) is 0.280. The van der Waals surface area contributed by atoms with Crippen molar-refractivity contribution >= 4 is 11.9 Å². The van der Waals surface area contributed by atoms with Crippen LogP contribution in [0.5, 0.6) is 23.0 Å². The van der Waals surface area contributed by atoms with E-state index in [-0.39, 0.29) is 18.6 Å². The first-order valence-electron chi connectivity index (χ1n) is 10.7. The molecule has 0 N–H and O–H groups in total. The molecule has 0 aromatic heterocycles. The third kappa shape index (κ3) is 6.00. The van der Waals surface area contributed by atoms with Crippen molar-refractivity contribution in [2.75, 3.05) is 26.4 Å². The Hall–Kier alpha value is -3.62. The van der Waals surface area contributed by atoms with E-state index in [9.17, 15) is 9.59 Å². The molecule has 2 aliphatic heterocycles. The van der Waals surface area contributed by atoms with E-state index in [4.69, 9.17) is 28.4 Å². The number of carbonyl (C=O) groups is 2. The van der Waals surface area contributed by atoms with E-state index < -0.39 is 11.9 Å². The zero-order valence-corrected chi connectivity index (χ0v) is 17.7. The molecule has 8 heteroatoms. The van der Waals surface area contributed by atoms with Crippen LogP contribution in [0.15, 0.2) is 71.8 Å². The second kappa shape index (κ2) is 9.48. The minimum Gasteiger partial charge on any atom is -0.491 e. The van der Waals surface area contributed by atoms with Crippen molar-refractivity contribution in [1.82, 2.24) is 0 Å². The van der Waals surface area contributed by atoms with Gasteiger partial charge in [-0.15, -0.1) is 0 Å². The lowest BCUT2D eigenvalue weighted by molar-refractivity contribution is -0.130. The fourth-order valence-electron chi connectivity index (χ4n) is 3.06. The second-order valence-corrected chi connectivity index (χ2v) is 7.82. The van der Waals surface area contributed by atoms with Gasteiger partial charge in [-0.3, -0.25) is 0 Å². The van der Waals surface area contributed by atoms with Crippen LogP contribution in [0.25, 0.3) is 0 Å². The van der Waals surface area contributed by atoms with E-state index in [0.717, 1.165) is 13.2 Å². The largest absolute Gasteiger partial charge is 0.491 e. The van der Waals surface area contributed by atoms with Gasteiger partial charge in [0.1, 0.15) is 48.4 Å². The van der Waals surface area contributed by atoms with Crippen LogP contribution in [-0.4, -0.2) is 50.6 Å². The van der Waals surface area contributed by atoms with Gasteiger partial charge >= 0.3 is 11.9 Å². The Labute approximate surface area is 190 Å². The smallest absolute Gasteiger partial charge is 0.339 e. The van der Waals surface area contributed by atoms with Gasteiger partial charge in [0.05, 0.1) is 13.2 Å². The van der Waals surface area contributed by atoms with Crippen LogP contribution < -0.4 is 18.9 Å². The molecule has 2 aromatic carbocycles. The topological polar surface area (TPSA) is 96.1 Å². The quantitative estimate of drug-likeness (QED) is 0.310. The van der Waals surface area contributed by atoms with Gasteiger partial charge in [-0.1, -0.05) is 12.2 Å². The van der Waals surface area contributed by atoms with Crippen molar-refractivity contribution in [1.29, 1.82) is 0 Å². The first-order chi connectivity index (χ1) is 16.1. The molecule has 8 nitrogen and oxygen atoms in total. The van der Waals surface area contributed by atoms with Gasteiger partial charge in [-0.2, -0.15) is 0 Å². The summed E-state index contributed by atoms with van der Waals surface area (Å²) in [5.74, 6) is 1.10. The molecule has 2 atom stereocenters. The Morgan fingerprint density at radius 3 is 1.39 bits per heavy atom. The normalized spacial score (nSPS) is 20.4. The summed E-state index contributed by atoms with van der Waals surface area (Å²) in [5.41, 5.74) is 0.749. The molecule has 170 valence electrons. The molecule has 2 heterocycles. The molecule has 2 fully saturated rings. The maximum atomic E-state index is 12.5. The zero-order chi connectivity index (χ0) is 22.6. The SMILES string of the molecule is O=C(Oc1ccc(OCC2CO2)cc1)C1=CC=C(C(=O)Oc2ccc(OCC3CO3)cc2)C1. The van der Waals surface area contributed by atoms with Gasteiger partial charge in [-0.05, 0) is 48.5 Å². The van der Waals surface area contributed by atoms with Gasteiger partial charge in [0, 0.05) is 17.6 Å². The van der Waals surface area contributed by atoms with Crippen LogP contribution in [0.2, 0.25) is 0 Å². The Morgan fingerprint density at radius 1 is 0.667 bits per heavy atom. The minimum atomic E-state index is -0.518. The number of hydrogen-bond acceptors (Lipinski definition) is 8. The lowest BCUT2D eigenvalue weighted by Crippen LogP contribution is -2.14. The maximum absolute atomic E-state index is 12.5. The highest BCUT2D eigenvalue weighted by atomic mass is 16.6. The number of esters is 2. The molecule has 1 aliphatic carbocycles. The van der Waals surface area contributed by atoms with Crippen molar-refractivity contribution in [2.45, 2.75) is 18.6 Å². The number of ether oxygens (including phenoxy) is 6. The lowest BCUT2D eigenvalue weighted by Gasteiger charge is -2.09. The highest BCUT2D eigenvalue weighted by Gasteiger charge is 2.25. The van der Waals surface area contributed by atoms with Crippen molar-refractivity contribution in [2.24, 2.45) is 0 Å². The highest BCUT2D eigenvalue weighted by molar-refractivity contribution is 5.98. The summed E-state index contributed by atoms with van der Waals surface area (Å²) < 4.78 is 32.1. The summed E-state index contributed by atoms with van der Waals surface area (Å²) in [6.07, 6.45) is 3.63. The van der Waals surface area contributed by atoms with Crippen molar-refractivity contribution < 1.29 is 38.0 Å². The Morgan fingerprint density at radius 2 is 1.03 bits per heavy atom. The first kappa shape index (κ1) is 21.2. The summed E-state index contributed by atoms with van der Waals surface area (Å²) >= 11 is 0. The first-order valence-corrected chi connectivity index (χ1v) is 10.7. The number of hydrogen-bond donors (Lipinski definition) is 0. The van der Waals surface area contributed by atoms with E-state index >= 15 is 0 Å². The number of epoxide rings is 2. The predicted octanol–water partition coefficient (Wildman–Crippen LogP) is 3.01. The van der Waals surface area contributed by atoms with Gasteiger partial charge < -0.3 is 28.4 Å². The Kier molecular flexibility index (Phi) is 6.10. The second-order valence-electron chi connectivity index (χ2n) is 7.82. The van der Waals surface area contributed by atoms with Gasteiger partial charge in [-0.25, -0.2) is 9.59 Å². The Bertz CT molecular complexity index is 989. The third-order valence-corrected chi connectivity index (χ3v) is 5.14. The molecule has 33 heavy (non-hydrogen) atoms. The number of carbonyl (C=O) groups excluding carboxylic acids is 2. The molecule has 0 amide bonds. The van der Waals surface area contributed by atoms with Gasteiger partial charge in [0.15, 0.2) is 0 Å². The number of rotatable bonds is 10.